The third kappa shape index (κ3) is 3.68. The largest absolute Gasteiger partial charge is 0.465 e. The molecule has 7 heteroatoms. The predicted octanol–water partition coefficient (Wildman–Crippen LogP) is 3.02. The molecule has 0 spiro atoms. The summed E-state index contributed by atoms with van der Waals surface area (Å²) in [5.74, 6) is 0.137. The third-order valence-corrected chi connectivity index (χ3v) is 5.38. The first-order valence-corrected chi connectivity index (χ1v) is 9.05. The molecular weight excluding hydrogens is 350 g/mol. The quantitative estimate of drug-likeness (QED) is 0.698. The van der Waals surface area contributed by atoms with E-state index in [9.17, 15) is 9.59 Å². The number of H-pyrrole nitrogens is 1. The monoisotopic (exact) mass is 371 g/mol. The third-order valence-electron chi connectivity index (χ3n) is 4.21. The Morgan fingerprint density at radius 2 is 1.92 bits per heavy atom. The number of esters is 1. The standard InChI is InChI=1S/C19H21N3O3S/c1-11-5-7-13(8-6-11)9-22(3)10-14-20-17(23)15-12(2)16(19(24)25-4)26-18(15)21-14/h5-8H,9-10H2,1-4H3,(H,20,21,23). The number of aryl methyl sites for hydroxylation is 2. The zero-order chi connectivity index (χ0) is 18.8. The second kappa shape index (κ2) is 7.39. The molecule has 2 heterocycles. The van der Waals surface area contributed by atoms with Crippen LogP contribution in [0.15, 0.2) is 29.1 Å². The number of carbonyl (C=O) groups is 1. The number of nitrogens with zero attached hydrogens (tertiary/aromatic N) is 2. The molecule has 0 atom stereocenters. The van der Waals surface area contributed by atoms with Gasteiger partial charge in [0.05, 0.1) is 19.0 Å². The number of carbonyl (C=O) groups excluding carboxylic acids is 1. The fourth-order valence-corrected chi connectivity index (χ4v) is 3.99. The molecular formula is C19H21N3O3S. The lowest BCUT2D eigenvalue weighted by Crippen LogP contribution is -2.21. The second-order valence-electron chi connectivity index (χ2n) is 6.40. The Morgan fingerprint density at radius 3 is 2.58 bits per heavy atom. The Kier molecular flexibility index (Phi) is 5.20. The number of thiophene rings is 1. The van der Waals surface area contributed by atoms with Gasteiger partial charge < -0.3 is 9.72 Å². The lowest BCUT2D eigenvalue weighted by atomic mass is 10.1. The summed E-state index contributed by atoms with van der Waals surface area (Å²) in [5.41, 5.74) is 2.81. The Labute approximate surface area is 155 Å². The molecule has 3 aromatic rings. The molecule has 1 N–H and O–H groups in total. The van der Waals surface area contributed by atoms with Gasteiger partial charge in [0.25, 0.3) is 5.56 Å². The number of aromatic amines is 1. The van der Waals surface area contributed by atoms with Gasteiger partial charge in [-0.1, -0.05) is 29.8 Å². The summed E-state index contributed by atoms with van der Waals surface area (Å²) in [6.45, 7) is 5.05. The minimum absolute atomic E-state index is 0.224. The number of rotatable bonds is 5. The van der Waals surface area contributed by atoms with E-state index in [2.05, 4.69) is 46.1 Å². The Bertz CT molecular complexity index is 1010. The smallest absolute Gasteiger partial charge is 0.348 e. The van der Waals surface area contributed by atoms with Crippen molar-refractivity contribution >= 4 is 27.5 Å². The minimum Gasteiger partial charge on any atom is -0.465 e. The van der Waals surface area contributed by atoms with Crippen LogP contribution in [-0.2, 0) is 17.8 Å². The highest BCUT2D eigenvalue weighted by atomic mass is 32.1. The zero-order valence-corrected chi connectivity index (χ0v) is 16.1. The highest BCUT2D eigenvalue weighted by molar-refractivity contribution is 7.20. The number of ether oxygens (including phenoxy) is 1. The van der Waals surface area contributed by atoms with E-state index in [0.717, 1.165) is 6.54 Å². The molecule has 3 rings (SSSR count). The maximum atomic E-state index is 12.5. The predicted molar refractivity (Wildman–Crippen MR) is 103 cm³/mol. The topological polar surface area (TPSA) is 75.3 Å². The van der Waals surface area contributed by atoms with Crippen molar-refractivity contribution in [1.29, 1.82) is 0 Å². The first-order chi connectivity index (χ1) is 12.4. The molecule has 2 aromatic heterocycles. The molecule has 0 fully saturated rings. The van der Waals surface area contributed by atoms with Crippen molar-refractivity contribution in [2.45, 2.75) is 26.9 Å². The van der Waals surface area contributed by atoms with Crippen LogP contribution < -0.4 is 5.56 Å². The molecule has 26 heavy (non-hydrogen) atoms. The number of hydrogen-bond acceptors (Lipinski definition) is 6. The van der Waals surface area contributed by atoms with E-state index in [1.165, 1.54) is 29.6 Å². The Morgan fingerprint density at radius 1 is 1.23 bits per heavy atom. The van der Waals surface area contributed by atoms with Crippen LogP contribution in [-0.4, -0.2) is 35.0 Å². The van der Waals surface area contributed by atoms with Crippen LogP contribution in [0.3, 0.4) is 0 Å². The van der Waals surface area contributed by atoms with Crippen LogP contribution in [0.1, 0.15) is 32.2 Å². The van der Waals surface area contributed by atoms with E-state index >= 15 is 0 Å². The number of hydrogen-bond donors (Lipinski definition) is 1. The summed E-state index contributed by atoms with van der Waals surface area (Å²) >= 11 is 1.19. The summed E-state index contributed by atoms with van der Waals surface area (Å²) < 4.78 is 4.78. The van der Waals surface area contributed by atoms with Gasteiger partial charge >= 0.3 is 5.97 Å². The average molecular weight is 371 g/mol. The molecule has 1 aromatic carbocycles. The molecule has 0 saturated carbocycles. The minimum atomic E-state index is -0.442. The first-order valence-electron chi connectivity index (χ1n) is 8.23. The molecule has 6 nitrogen and oxygen atoms in total. The number of benzene rings is 1. The van der Waals surface area contributed by atoms with E-state index in [4.69, 9.17) is 4.74 Å². The van der Waals surface area contributed by atoms with E-state index < -0.39 is 5.97 Å². The van der Waals surface area contributed by atoms with Crippen LogP contribution in [0.4, 0.5) is 0 Å². The van der Waals surface area contributed by atoms with E-state index in [1.807, 2.05) is 7.05 Å². The van der Waals surface area contributed by atoms with Gasteiger partial charge in [-0.3, -0.25) is 9.69 Å². The van der Waals surface area contributed by atoms with Crippen molar-refractivity contribution in [1.82, 2.24) is 14.9 Å². The van der Waals surface area contributed by atoms with Crippen LogP contribution >= 0.6 is 11.3 Å². The van der Waals surface area contributed by atoms with Crippen LogP contribution in [0.25, 0.3) is 10.2 Å². The summed E-state index contributed by atoms with van der Waals surface area (Å²) in [5, 5.41) is 0.459. The highest BCUT2D eigenvalue weighted by Crippen LogP contribution is 2.27. The van der Waals surface area contributed by atoms with Gasteiger partial charge in [0, 0.05) is 6.54 Å². The van der Waals surface area contributed by atoms with Gasteiger partial charge in [-0.2, -0.15) is 0 Å². The molecule has 0 bridgehead atoms. The van der Waals surface area contributed by atoms with Crippen molar-refractivity contribution in [2.75, 3.05) is 14.2 Å². The van der Waals surface area contributed by atoms with Crippen molar-refractivity contribution in [3.05, 3.63) is 62.0 Å². The maximum absolute atomic E-state index is 12.5. The summed E-state index contributed by atoms with van der Waals surface area (Å²) in [6, 6.07) is 8.35. The van der Waals surface area contributed by atoms with E-state index in [1.54, 1.807) is 6.92 Å². The normalized spacial score (nSPS) is 11.3. The highest BCUT2D eigenvalue weighted by Gasteiger charge is 2.19. The molecule has 0 aliphatic carbocycles. The van der Waals surface area contributed by atoms with Crippen molar-refractivity contribution < 1.29 is 9.53 Å². The van der Waals surface area contributed by atoms with Crippen molar-refractivity contribution in [2.24, 2.45) is 0 Å². The van der Waals surface area contributed by atoms with Crippen LogP contribution in [0, 0.1) is 13.8 Å². The lowest BCUT2D eigenvalue weighted by molar-refractivity contribution is 0.0605. The van der Waals surface area contributed by atoms with Gasteiger partial charge in [-0.25, -0.2) is 9.78 Å². The van der Waals surface area contributed by atoms with Crippen LogP contribution in [0.5, 0.6) is 0 Å². The van der Waals surface area contributed by atoms with Gasteiger partial charge in [0.1, 0.15) is 15.5 Å². The summed E-state index contributed by atoms with van der Waals surface area (Å²) in [6.07, 6.45) is 0. The molecule has 0 amide bonds. The molecule has 0 unspecified atom stereocenters. The first kappa shape index (κ1) is 18.3. The average Bonchev–Trinajstić information content (AvgIpc) is 2.93. The second-order valence-corrected chi connectivity index (χ2v) is 7.40. The van der Waals surface area contributed by atoms with Gasteiger partial charge in [0.15, 0.2) is 0 Å². The molecule has 0 aliphatic heterocycles. The van der Waals surface area contributed by atoms with E-state index in [-0.39, 0.29) is 5.56 Å². The maximum Gasteiger partial charge on any atom is 0.348 e. The summed E-state index contributed by atoms with van der Waals surface area (Å²) in [7, 11) is 3.30. The fraction of sp³-hybridized carbons (Fsp3) is 0.316. The molecule has 0 aliphatic rings. The van der Waals surface area contributed by atoms with Crippen LogP contribution in [0.2, 0.25) is 0 Å². The van der Waals surface area contributed by atoms with Crippen molar-refractivity contribution in [3.8, 4) is 0 Å². The molecule has 0 radical (unpaired) electrons. The number of fused-ring (bicyclic) bond motifs is 1. The zero-order valence-electron chi connectivity index (χ0n) is 15.3. The molecule has 136 valence electrons. The number of nitrogens with one attached hydrogen (secondary N) is 1. The fourth-order valence-electron chi connectivity index (χ4n) is 2.87. The van der Waals surface area contributed by atoms with Gasteiger partial charge in [-0.05, 0) is 32.0 Å². The Hall–Kier alpha value is -2.51. The van der Waals surface area contributed by atoms with Gasteiger partial charge in [0.2, 0.25) is 0 Å². The summed E-state index contributed by atoms with van der Waals surface area (Å²) in [4.78, 5) is 34.7. The molecule has 0 saturated heterocycles. The van der Waals surface area contributed by atoms with E-state index in [0.29, 0.717) is 33.0 Å². The number of aromatic nitrogens is 2. The van der Waals surface area contributed by atoms with Gasteiger partial charge in [-0.15, -0.1) is 11.3 Å². The lowest BCUT2D eigenvalue weighted by Gasteiger charge is -2.16. The SMILES string of the molecule is COC(=O)c1sc2nc(CN(C)Cc3ccc(C)cc3)[nH]c(=O)c2c1C. The number of methoxy groups -OCH3 is 1. The Balaban J connectivity index is 1.85. The van der Waals surface area contributed by atoms with Crippen molar-refractivity contribution in [3.63, 3.8) is 0 Å².